The molecule has 3 rings (SSSR count). The molecule has 0 aliphatic heterocycles. The first-order chi connectivity index (χ1) is 11.6. The second-order valence-electron chi connectivity index (χ2n) is 4.92. The average molecular weight is 323 g/mol. The summed E-state index contributed by atoms with van der Waals surface area (Å²) in [7, 11) is 0. The van der Waals surface area contributed by atoms with E-state index in [9.17, 15) is 15.2 Å². The topological polar surface area (TPSA) is 81.8 Å². The molecule has 0 amide bonds. The summed E-state index contributed by atoms with van der Waals surface area (Å²) in [6, 6.07) is 19.2. The van der Waals surface area contributed by atoms with E-state index in [0.29, 0.717) is 23.0 Å². The third kappa shape index (κ3) is 3.80. The van der Waals surface area contributed by atoms with Gasteiger partial charge in [-0.3, -0.25) is 10.1 Å². The molecule has 0 radical (unpaired) electrons. The van der Waals surface area contributed by atoms with Gasteiger partial charge in [0.1, 0.15) is 28.7 Å². The summed E-state index contributed by atoms with van der Waals surface area (Å²) in [5.41, 5.74) is 0.0139. The highest BCUT2D eigenvalue weighted by Gasteiger charge is 2.05. The lowest BCUT2D eigenvalue weighted by Crippen LogP contribution is -1.89. The van der Waals surface area contributed by atoms with Crippen LogP contribution in [0.1, 0.15) is 0 Å². The molecular formula is C18H13NO5. The Labute approximate surface area is 137 Å². The minimum absolute atomic E-state index is 0.0139. The first kappa shape index (κ1) is 15.4. The standard InChI is InChI=1S/C18H13NO5/c20-14-3-7-16(8-4-14)24-18-11-9-17(10-12-18)23-15-5-1-13(2-6-15)19(21)22/h1-12,20H. The summed E-state index contributed by atoms with van der Waals surface area (Å²) < 4.78 is 11.3. The fourth-order valence-electron chi connectivity index (χ4n) is 2.00. The number of aromatic hydroxyl groups is 1. The molecule has 3 aromatic carbocycles. The Balaban J connectivity index is 1.65. The summed E-state index contributed by atoms with van der Waals surface area (Å²) in [5.74, 6) is 2.50. The molecule has 0 saturated heterocycles. The van der Waals surface area contributed by atoms with E-state index in [1.807, 2.05) is 0 Å². The highest BCUT2D eigenvalue weighted by molar-refractivity contribution is 5.41. The number of nitro benzene ring substituents is 1. The highest BCUT2D eigenvalue weighted by atomic mass is 16.6. The smallest absolute Gasteiger partial charge is 0.269 e. The van der Waals surface area contributed by atoms with Gasteiger partial charge in [-0.2, -0.15) is 0 Å². The van der Waals surface area contributed by atoms with Crippen molar-refractivity contribution in [3.05, 3.63) is 82.9 Å². The first-order valence-corrected chi connectivity index (χ1v) is 7.09. The van der Waals surface area contributed by atoms with Gasteiger partial charge >= 0.3 is 0 Å². The average Bonchev–Trinajstić information content (AvgIpc) is 2.59. The van der Waals surface area contributed by atoms with Crippen molar-refractivity contribution in [2.75, 3.05) is 0 Å². The molecule has 3 aromatic rings. The van der Waals surface area contributed by atoms with Crippen LogP contribution in [0.4, 0.5) is 5.69 Å². The molecule has 0 saturated carbocycles. The SMILES string of the molecule is O=[N+]([O-])c1ccc(Oc2ccc(Oc3ccc(O)cc3)cc2)cc1. The van der Waals surface area contributed by atoms with Crippen LogP contribution in [0, 0.1) is 10.1 Å². The number of hydrogen-bond donors (Lipinski definition) is 1. The number of phenols is 1. The van der Waals surface area contributed by atoms with Crippen LogP contribution >= 0.6 is 0 Å². The second-order valence-corrected chi connectivity index (χ2v) is 4.92. The molecular weight excluding hydrogens is 310 g/mol. The fraction of sp³-hybridized carbons (Fsp3) is 0. The van der Waals surface area contributed by atoms with Crippen molar-refractivity contribution in [1.29, 1.82) is 0 Å². The van der Waals surface area contributed by atoms with Crippen LogP contribution in [-0.4, -0.2) is 10.0 Å². The molecule has 24 heavy (non-hydrogen) atoms. The molecule has 0 spiro atoms. The van der Waals surface area contributed by atoms with Crippen LogP contribution in [0.25, 0.3) is 0 Å². The Morgan fingerprint density at radius 3 is 1.38 bits per heavy atom. The van der Waals surface area contributed by atoms with Crippen LogP contribution < -0.4 is 9.47 Å². The van der Waals surface area contributed by atoms with Crippen molar-refractivity contribution in [2.24, 2.45) is 0 Å². The molecule has 0 unspecified atom stereocenters. The number of phenolic OH excluding ortho intramolecular Hbond substituents is 1. The maximum atomic E-state index is 10.6. The molecule has 0 fully saturated rings. The van der Waals surface area contributed by atoms with Gasteiger partial charge in [0, 0.05) is 12.1 Å². The summed E-state index contributed by atoms with van der Waals surface area (Å²) in [6.45, 7) is 0. The number of rotatable bonds is 5. The maximum absolute atomic E-state index is 10.6. The van der Waals surface area contributed by atoms with E-state index in [0.717, 1.165) is 0 Å². The largest absolute Gasteiger partial charge is 0.508 e. The van der Waals surface area contributed by atoms with Crippen LogP contribution in [0.5, 0.6) is 28.7 Å². The first-order valence-electron chi connectivity index (χ1n) is 7.09. The molecule has 0 aliphatic rings. The number of non-ortho nitro benzene ring substituents is 1. The number of benzene rings is 3. The summed E-state index contributed by atoms with van der Waals surface area (Å²) in [4.78, 5) is 10.2. The van der Waals surface area contributed by atoms with Crippen molar-refractivity contribution >= 4 is 5.69 Å². The predicted molar refractivity (Wildman–Crippen MR) is 87.8 cm³/mol. The van der Waals surface area contributed by atoms with E-state index in [4.69, 9.17) is 9.47 Å². The minimum Gasteiger partial charge on any atom is -0.508 e. The molecule has 0 aliphatic carbocycles. The third-order valence-electron chi connectivity index (χ3n) is 3.18. The van der Waals surface area contributed by atoms with Crippen molar-refractivity contribution < 1.29 is 19.5 Å². The van der Waals surface area contributed by atoms with E-state index >= 15 is 0 Å². The van der Waals surface area contributed by atoms with Crippen LogP contribution in [-0.2, 0) is 0 Å². The fourth-order valence-corrected chi connectivity index (χ4v) is 2.00. The zero-order valence-corrected chi connectivity index (χ0v) is 12.5. The zero-order valence-electron chi connectivity index (χ0n) is 12.5. The van der Waals surface area contributed by atoms with E-state index < -0.39 is 4.92 Å². The van der Waals surface area contributed by atoms with Crippen LogP contribution in [0.15, 0.2) is 72.8 Å². The van der Waals surface area contributed by atoms with E-state index in [1.54, 1.807) is 60.7 Å². The lowest BCUT2D eigenvalue weighted by Gasteiger charge is -2.08. The summed E-state index contributed by atoms with van der Waals surface area (Å²) in [5, 5.41) is 19.9. The van der Waals surface area contributed by atoms with Crippen LogP contribution in [0.3, 0.4) is 0 Å². The second kappa shape index (κ2) is 6.70. The van der Waals surface area contributed by atoms with Gasteiger partial charge < -0.3 is 14.6 Å². The minimum atomic E-state index is -0.459. The molecule has 6 heteroatoms. The Hall–Kier alpha value is -3.54. The number of nitro groups is 1. The van der Waals surface area contributed by atoms with Crippen molar-refractivity contribution in [3.8, 4) is 28.7 Å². The summed E-state index contributed by atoms with van der Waals surface area (Å²) in [6.07, 6.45) is 0. The summed E-state index contributed by atoms with van der Waals surface area (Å²) >= 11 is 0. The van der Waals surface area contributed by atoms with Crippen molar-refractivity contribution in [1.82, 2.24) is 0 Å². The Bertz CT molecular complexity index is 827. The van der Waals surface area contributed by atoms with E-state index in [-0.39, 0.29) is 11.4 Å². The number of ether oxygens (including phenoxy) is 2. The third-order valence-corrected chi connectivity index (χ3v) is 3.18. The van der Waals surface area contributed by atoms with Crippen molar-refractivity contribution in [2.45, 2.75) is 0 Å². The van der Waals surface area contributed by atoms with Gasteiger partial charge in [-0.05, 0) is 60.7 Å². The quantitative estimate of drug-likeness (QED) is 0.534. The number of hydrogen-bond acceptors (Lipinski definition) is 5. The van der Waals surface area contributed by atoms with E-state index in [1.165, 1.54) is 12.1 Å². The molecule has 0 aromatic heterocycles. The number of nitrogens with zero attached hydrogens (tertiary/aromatic N) is 1. The monoisotopic (exact) mass is 323 g/mol. The van der Waals surface area contributed by atoms with Gasteiger partial charge in [0.2, 0.25) is 0 Å². The van der Waals surface area contributed by atoms with Gasteiger partial charge in [0.05, 0.1) is 4.92 Å². The zero-order chi connectivity index (χ0) is 16.9. The highest BCUT2D eigenvalue weighted by Crippen LogP contribution is 2.28. The maximum Gasteiger partial charge on any atom is 0.269 e. The molecule has 0 atom stereocenters. The van der Waals surface area contributed by atoms with Crippen molar-refractivity contribution in [3.63, 3.8) is 0 Å². The Kier molecular flexibility index (Phi) is 4.29. The molecule has 0 heterocycles. The van der Waals surface area contributed by atoms with E-state index in [2.05, 4.69) is 0 Å². The molecule has 0 bridgehead atoms. The van der Waals surface area contributed by atoms with Gasteiger partial charge in [0.25, 0.3) is 5.69 Å². The lowest BCUT2D eigenvalue weighted by molar-refractivity contribution is -0.384. The van der Waals surface area contributed by atoms with Gasteiger partial charge in [-0.15, -0.1) is 0 Å². The lowest BCUT2D eigenvalue weighted by atomic mass is 10.3. The molecule has 1 N–H and O–H groups in total. The van der Waals surface area contributed by atoms with Gasteiger partial charge in [-0.25, -0.2) is 0 Å². The normalized spacial score (nSPS) is 10.2. The predicted octanol–water partition coefficient (Wildman–Crippen LogP) is 4.89. The Morgan fingerprint density at radius 2 is 1.00 bits per heavy atom. The molecule has 120 valence electrons. The van der Waals surface area contributed by atoms with Gasteiger partial charge in [0.15, 0.2) is 0 Å². The van der Waals surface area contributed by atoms with Crippen LogP contribution in [0.2, 0.25) is 0 Å². The molecule has 6 nitrogen and oxygen atoms in total. The Morgan fingerprint density at radius 1 is 0.667 bits per heavy atom. The van der Waals surface area contributed by atoms with Gasteiger partial charge in [-0.1, -0.05) is 0 Å².